The SMILES string of the molecule is CCOC(=O)CC1CCC(c2ccccc2C)CC1. The molecule has 2 heteroatoms. The lowest BCUT2D eigenvalue weighted by Gasteiger charge is -2.29. The van der Waals surface area contributed by atoms with Crippen molar-refractivity contribution in [1.82, 2.24) is 0 Å². The molecular formula is C17H24O2. The summed E-state index contributed by atoms with van der Waals surface area (Å²) < 4.78 is 5.04. The molecule has 0 spiro atoms. The van der Waals surface area contributed by atoms with Gasteiger partial charge in [0.2, 0.25) is 0 Å². The van der Waals surface area contributed by atoms with E-state index in [0.29, 0.717) is 24.9 Å². The number of aryl methyl sites for hydroxylation is 1. The molecule has 0 N–H and O–H groups in total. The highest BCUT2D eigenvalue weighted by Crippen LogP contribution is 2.38. The monoisotopic (exact) mass is 260 g/mol. The number of rotatable bonds is 4. The first-order valence-electron chi connectivity index (χ1n) is 7.41. The molecule has 0 aliphatic heterocycles. The smallest absolute Gasteiger partial charge is 0.306 e. The van der Waals surface area contributed by atoms with Crippen LogP contribution in [0.3, 0.4) is 0 Å². The van der Waals surface area contributed by atoms with E-state index in [4.69, 9.17) is 4.74 Å². The Bertz CT molecular complexity index is 417. The average molecular weight is 260 g/mol. The summed E-state index contributed by atoms with van der Waals surface area (Å²) in [5, 5.41) is 0. The number of hydrogen-bond acceptors (Lipinski definition) is 2. The predicted molar refractivity (Wildman–Crippen MR) is 77.1 cm³/mol. The standard InChI is InChI=1S/C17H24O2/c1-3-19-17(18)12-14-8-10-15(11-9-14)16-7-5-4-6-13(16)2/h4-7,14-15H,3,8-12H2,1-2H3. The number of hydrogen-bond donors (Lipinski definition) is 0. The largest absolute Gasteiger partial charge is 0.466 e. The van der Waals surface area contributed by atoms with E-state index in [9.17, 15) is 4.79 Å². The van der Waals surface area contributed by atoms with Crippen molar-refractivity contribution in [3.8, 4) is 0 Å². The third-order valence-electron chi connectivity index (χ3n) is 4.24. The topological polar surface area (TPSA) is 26.3 Å². The van der Waals surface area contributed by atoms with Gasteiger partial charge in [-0.1, -0.05) is 24.3 Å². The molecule has 1 aliphatic rings. The zero-order chi connectivity index (χ0) is 13.7. The van der Waals surface area contributed by atoms with Gasteiger partial charge in [0.15, 0.2) is 0 Å². The van der Waals surface area contributed by atoms with E-state index < -0.39 is 0 Å². The first kappa shape index (κ1) is 14.1. The fourth-order valence-corrected chi connectivity index (χ4v) is 3.18. The van der Waals surface area contributed by atoms with Crippen LogP contribution in [0.1, 0.15) is 56.1 Å². The molecule has 1 aliphatic carbocycles. The van der Waals surface area contributed by atoms with Crippen LogP contribution in [0.5, 0.6) is 0 Å². The van der Waals surface area contributed by atoms with Crippen LogP contribution < -0.4 is 0 Å². The third kappa shape index (κ3) is 3.82. The highest BCUT2D eigenvalue weighted by molar-refractivity contribution is 5.69. The normalized spacial score (nSPS) is 23.1. The van der Waals surface area contributed by atoms with Crippen LogP contribution in [0.4, 0.5) is 0 Å². The number of esters is 1. The molecule has 19 heavy (non-hydrogen) atoms. The van der Waals surface area contributed by atoms with Crippen LogP contribution >= 0.6 is 0 Å². The second-order valence-electron chi connectivity index (χ2n) is 5.58. The molecule has 104 valence electrons. The Balaban J connectivity index is 1.86. The summed E-state index contributed by atoms with van der Waals surface area (Å²) in [5.41, 5.74) is 2.90. The highest BCUT2D eigenvalue weighted by Gasteiger charge is 2.25. The summed E-state index contributed by atoms with van der Waals surface area (Å²) in [6.45, 7) is 4.56. The molecule has 0 atom stereocenters. The maximum Gasteiger partial charge on any atom is 0.306 e. The Morgan fingerprint density at radius 3 is 2.53 bits per heavy atom. The van der Waals surface area contributed by atoms with Crippen LogP contribution in [0.15, 0.2) is 24.3 Å². The second kappa shape index (κ2) is 6.74. The first-order valence-corrected chi connectivity index (χ1v) is 7.41. The number of ether oxygens (including phenoxy) is 1. The Morgan fingerprint density at radius 2 is 1.89 bits per heavy atom. The molecule has 0 aromatic heterocycles. The molecule has 1 aromatic rings. The van der Waals surface area contributed by atoms with E-state index in [1.165, 1.54) is 24.0 Å². The zero-order valence-electron chi connectivity index (χ0n) is 12.0. The lowest BCUT2D eigenvalue weighted by atomic mass is 9.76. The Labute approximate surface area is 116 Å². The molecule has 2 rings (SSSR count). The van der Waals surface area contributed by atoms with Gasteiger partial charge in [0.1, 0.15) is 0 Å². The quantitative estimate of drug-likeness (QED) is 0.758. The summed E-state index contributed by atoms with van der Waals surface area (Å²) in [6, 6.07) is 8.68. The molecule has 0 radical (unpaired) electrons. The van der Waals surface area contributed by atoms with Gasteiger partial charge in [-0.3, -0.25) is 4.79 Å². The maximum atomic E-state index is 11.5. The van der Waals surface area contributed by atoms with Crippen LogP contribution in [-0.4, -0.2) is 12.6 Å². The molecule has 0 bridgehead atoms. The van der Waals surface area contributed by atoms with Crippen LogP contribution in [0.2, 0.25) is 0 Å². The number of carbonyl (C=O) groups is 1. The van der Waals surface area contributed by atoms with Gasteiger partial charge >= 0.3 is 5.97 Å². The fraction of sp³-hybridized carbons (Fsp3) is 0.588. The van der Waals surface area contributed by atoms with Crippen molar-refractivity contribution in [2.45, 2.75) is 51.9 Å². The van der Waals surface area contributed by atoms with Gasteiger partial charge in [-0.15, -0.1) is 0 Å². The predicted octanol–water partition coefficient (Wildman–Crippen LogP) is 4.22. The molecule has 1 aromatic carbocycles. The van der Waals surface area contributed by atoms with Crippen molar-refractivity contribution >= 4 is 5.97 Å². The van der Waals surface area contributed by atoms with Gasteiger partial charge in [-0.05, 0) is 62.5 Å². The van der Waals surface area contributed by atoms with Gasteiger partial charge in [0.25, 0.3) is 0 Å². The van der Waals surface area contributed by atoms with E-state index in [-0.39, 0.29) is 5.97 Å². The van der Waals surface area contributed by atoms with Gasteiger partial charge in [0.05, 0.1) is 6.61 Å². The second-order valence-corrected chi connectivity index (χ2v) is 5.58. The highest BCUT2D eigenvalue weighted by atomic mass is 16.5. The van der Waals surface area contributed by atoms with E-state index in [1.807, 2.05) is 6.92 Å². The van der Waals surface area contributed by atoms with Crippen LogP contribution in [-0.2, 0) is 9.53 Å². The molecule has 1 fully saturated rings. The van der Waals surface area contributed by atoms with Crippen molar-refractivity contribution in [2.75, 3.05) is 6.61 Å². The van der Waals surface area contributed by atoms with Gasteiger partial charge in [-0.25, -0.2) is 0 Å². The minimum Gasteiger partial charge on any atom is -0.466 e. The van der Waals surface area contributed by atoms with E-state index >= 15 is 0 Å². The molecule has 0 saturated heterocycles. The van der Waals surface area contributed by atoms with E-state index in [2.05, 4.69) is 31.2 Å². The number of carbonyl (C=O) groups excluding carboxylic acids is 1. The minimum absolute atomic E-state index is 0.0261. The van der Waals surface area contributed by atoms with E-state index in [1.54, 1.807) is 0 Å². The van der Waals surface area contributed by atoms with Crippen molar-refractivity contribution in [1.29, 1.82) is 0 Å². The Hall–Kier alpha value is -1.31. The molecule has 0 amide bonds. The lowest BCUT2D eigenvalue weighted by molar-refractivity contribution is -0.144. The van der Waals surface area contributed by atoms with Gasteiger partial charge < -0.3 is 4.74 Å². The molecule has 0 heterocycles. The first-order chi connectivity index (χ1) is 9.20. The van der Waals surface area contributed by atoms with Crippen molar-refractivity contribution in [3.63, 3.8) is 0 Å². The molecular weight excluding hydrogens is 236 g/mol. The molecule has 1 saturated carbocycles. The van der Waals surface area contributed by atoms with Crippen molar-refractivity contribution in [2.24, 2.45) is 5.92 Å². The fourth-order valence-electron chi connectivity index (χ4n) is 3.18. The maximum absolute atomic E-state index is 11.5. The molecule has 2 nitrogen and oxygen atoms in total. The average Bonchev–Trinajstić information content (AvgIpc) is 2.41. The van der Waals surface area contributed by atoms with Gasteiger partial charge in [0, 0.05) is 6.42 Å². The van der Waals surface area contributed by atoms with Crippen LogP contribution in [0, 0.1) is 12.8 Å². The van der Waals surface area contributed by atoms with Crippen molar-refractivity contribution < 1.29 is 9.53 Å². The molecule has 0 unspecified atom stereocenters. The minimum atomic E-state index is -0.0261. The lowest BCUT2D eigenvalue weighted by Crippen LogP contribution is -2.18. The number of benzene rings is 1. The third-order valence-corrected chi connectivity index (χ3v) is 4.24. The Kier molecular flexibility index (Phi) is 5.00. The van der Waals surface area contributed by atoms with Crippen LogP contribution in [0.25, 0.3) is 0 Å². The summed E-state index contributed by atoms with van der Waals surface area (Å²) >= 11 is 0. The van der Waals surface area contributed by atoms with E-state index in [0.717, 1.165) is 12.8 Å². The van der Waals surface area contributed by atoms with Crippen molar-refractivity contribution in [3.05, 3.63) is 35.4 Å². The summed E-state index contributed by atoms with van der Waals surface area (Å²) in [6.07, 6.45) is 5.31. The zero-order valence-corrected chi connectivity index (χ0v) is 12.0. The summed E-state index contributed by atoms with van der Waals surface area (Å²) in [4.78, 5) is 11.5. The summed E-state index contributed by atoms with van der Waals surface area (Å²) in [5.74, 6) is 1.18. The summed E-state index contributed by atoms with van der Waals surface area (Å²) in [7, 11) is 0. The van der Waals surface area contributed by atoms with Gasteiger partial charge in [-0.2, -0.15) is 0 Å². The Morgan fingerprint density at radius 1 is 1.21 bits per heavy atom.